The van der Waals surface area contributed by atoms with Gasteiger partial charge in [0.2, 0.25) is 0 Å². The van der Waals surface area contributed by atoms with Crippen molar-refractivity contribution in [3.05, 3.63) is 65.0 Å². The van der Waals surface area contributed by atoms with Gasteiger partial charge in [-0.05, 0) is 35.0 Å². The number of rotatable bonds is 1. The molecule has 2 heterocycles. The van der Waals surface area contributed by atoms with Crippen LogP contribution in [0.2, 0.25) is 0 Å². The summed E-state index contributed by atoms with van der Waals surface area (Å²) >= 11 is 0. The summed E-state index contributed by atoms with van der Waals surface area (Å²) in [7, 11) is 1.57. The Morgan fingerprint density at radius 1 is 0.833 bits per heavy atom. The Balaban J connectivity index is 2.00. The number of benzene rings is 3. The van der Waals surface area contributed by atoms with Crippen molar-refractivity contribution in [2.24, 2.45) is 0 Å². The maximum Gasteiger partial charge on any atom is 0.348 e. The first-order chi connectivity index (χ1) is 11.7. The highest BCUT2D eigenvalue weighted by Gasteiger charge is 2.17. The third kappa shape index (κ3) is 1.71. The van der Waals surface area contributed by atoms with Gasteiger partial charge in [0.05, 0.1) is 12.5 Å². The van der Waals surface area contributed by atoms with Gasteiger partial charge in [0.25, 0.3) is 0 Å². The van der Waals surface area contributed by atoms with Crippen LogP contribution in [0.4, 0.5) is 0 Å². The fraction of sp³-hybridized carbons (Fsp3) is 0.0500. The lowest BCUT2D eigenvalue weighted by Crippen LogP contribution is -1.98. The molecule has 0 aliphatic carbocycles. The van der Waals surface area contributed by atoms with Crippen LogP contribution in [0.1, 0.15) is 0 Å². The van der Waals surface area contributed by atoms with Gasteiger partial charge in [-0.3, -0.25) is 0 Å². The van der Waals surface area contributed by atoms with Crippen LogP contribution >= 0.6 is 0 Å². The van der Waals surface area contributed by atoms with Crippen LogP contribution in [-0.2, 0) is 0 Å². The molecule has 5 aromatic rings. The van der Waals surface area contributed by atoms with Crippen molar-refractivity contribution in [3.63, 3.8) is 0 Å². The molecule has 0 fully saturated rings. The molecule has 3 aromatic carbocycles. The predicted molar refractivity (Wildman–Crippen MR) is 93.8 cm³/mol. The lowest BCUT2D eigenvalue weighted by Gasteiger charge is -2.01. The van der Waals surface area contributed by atoms with Crippen molar-refractivity contribution >= 4 is 43.7 Å². The van der Waals surface area contributed by atoms with E-state index in [1.807, 2.05) is 48.5 Å². The smallest absolute Gasteiger partial charge is 0.348 e. The summed E-state index contributed by atoms with van der Waals surface area (Å²) in [5.41, 5.74) is 1.28. The van der Waals surface area contributed by atoms with Crippen molar-refractivity contribution in [2.45, 2.75) is 0 Å². The molecule has 0 aliphatic rings. The summed E-state index contributed by atoms with van der Waals surface area (Å²) in [6, 6.07) is 17.3. The van der Waals surface area contributed by atoms with Gasteiger partial charge >= 0.3 is 5.63 Å². The molecule has 0 bridgehead atoms. The van der Waals surface area contributed by atoms with Gasteiger partial charge < -0.3 is 13.6 Å². The van der Waals surface area contributed by atoms with Crippen LogP contribution < -0.4 is 10.4 Å². The monoisotopic (exact) mass is 316 g/mol. The fourth-order valence-electron chi connectivity index (χ4n) is 3.23. The van der Waals surface area contributed by atoms with Gasteiger partial charge in [-0.25, -0.2) is 4.79 Å². The van der Waals surface area contributed by atoms with Crippen molar-refractivity contribution in [1.29, 1.82) is 0 Å². The summed E-state index contributed by atoms with van der Waals surface area (Å²) in [5, 5.41) is 4.13. The van der Waals surface area contributed by atoms with Gasteiger partial charge in [0, 0.05) is 11.5 Å². The molecule has 0 saturated carbocycles. The van der Waals surface area contributed by atoms with Crippen LogP contribution in [0.5, 0.6) is 5.75 Å². The maximum atomic E-state index is 12.5. The van der Waals surface area contributed by atoms with E-state index in [2.05, 4.69) is 0 Å². The summed E-state index contributed by atoms with van der Waals surface area (Å²) in [5.74, 6) is 0.631. The summed E-state index contributed by atoms with van der Waals surface area (Å²) < 4.78 is 16.7. The number of hydrogen-bond acceptors (Lipinski definition) is 4. The highest BCUT2D eigenvalue weighted by atomic mass is 16.5. The van der Waals surface area contributed by atoms with E-state index in [-0.39, 0.29) is 0 Å². The zero-order valence-corrected chi connectivity index (χ0v) is 12.8. The minimum atomic E-state index is -0.403. The number of hydrogen-bond donors (Lipinski definition) is 0. The second kappa shape index (κ2) is 4.61. The van der Waals surface area contributed by atoms with E-state index < -0.39 is 5.63 Å². The molecule has 5 rings (SSSR count). The summed E-state index contributed by atoms with van der Waals surface area (Å²) in [4.78, 5) is 12.5. The van der Waals surface area contributed by atoms with Crippen LogP contribution in [-0.4, -0.2) is 7.11 Å². The van der Waals surface area contributed by atoms with E-state index in [0.29, 0.717) is 27.9 Å². The topological polar surface area (TPSA) is 52.6 Å². The molecule has 0 aliphatic heterocycles. The number of methoxy groups -OCH3 is 1. The third-order valence-corrected chi connectivity index (χ3v) is 4.40. The predicted octanol–water partition coefficient (Wildman–Crippen LogP) is 4.85. The van der Waals surface area contributed by atoms with E-state index in [1.54, 1.807) is 13.2 Å². The third-order valence-electron chi connectivity index (χ3n) is 4.40. The highest BCUT2D eigenvalue weighted by molar-refractivity contribution is 6.15. The Hall–Kier alpha value is -3.27. The van der Waals surface area contributed by atoms with E-state index >= 15 is 0 Å². The minimum absolute atomic E-state index is 0.403. The molecule has 0 amide bonds. The average molecular weight is 316 g/mol. The number of ether oxygens (including phenoxy) is 1. The molecule has 4 nitrogen and oxygen atoms in total. The van der Waals surface area contributed by atoms with E-state index in [4.69, 9.17) is 13.6 Å². The number of fused-ring (bicyclic) bond motifs is 6. The normalized spacial score (nSPS) is 11.7. The van der Waals surface area contributed by atoms with Gasteiger partial charge in [0.1, 0.15) is 22.3 Å². The van der Waals surface area contributed by atoms with Crippen molar-refractivity contribution in [1.82, 2.24) is 0 Å². The molecule has 0 unspecified atom stereocenters. The van der Waals surface area contributed by atoms with Gasteiger partial charge in [0.15, 0.2) is 5.58 Å². The molecule has 0 atom stereocenters. The Morgan fingerprint density at radius 2 is 1.58 bits per heavy atom. The molecule has 0 radical (unpaired) electrons. The van der Waals surface area contributed by atoms with Crippen LogP contribution in [0.15, 0.2) is 68.2 Å². The minimum Gasteiger partial charge on any atom is -0.497 e. The van der Waals surface area contributed by atoms with Gasteiger partial charge in [-0.2, -0.15) is 0 Å². The first-order valence-corrected chi connectivity index (χ1v) is 7.60. The zero-order valence-electron chi connectivity index (χ0n) is 12.8. The van der Waals surface area contributed by atoms with E-state index in [9.17, 15) is 4.79 Å². The highest BCUT2D eigenvalue weighted by Crippen LogP contribution is 2.34. The largest absolute Gasteiger partial charge is 0.497 e. The first-order valence-electron chi connectivity index (χ1n) is 7.60. The Morgan fingerprint density at radius 3 is 2.38 bits per heavy atom. The van der Waals surface area contributed by atoms with Crippen LogP contribution in [0.25, 0.3) is 43.7 Å². The fourth-order valence-corrected chi connectivity index (χ4v) is 3.23. The molecular formula is C20H12O4. The van der Waals surface area contributed by atoms with Crippen molar-refractivity contribution in [2.75, 3.05) is 7.11 Å². The van der Waals surface area contributed by atoms with Crippen LogP contribution in [0, 0.1) is 0 Å². The lowest BCUT2D eigenvalue weighted by atomic mass is 10.1. The second-order valence-corrected chi connectivity index (χ2v) is 5.75. The van der Waals surface area contributed by atoms with E-state index in [1.165, 1.54) is 0 Å². The first kappa shape index (κ1) is 13.2. The van der Waals surface area contributed by atoms with Gasteiger partial charge in [-0.15, -0.1) is 0 Å². The van der Waals surface area contributed by atoms with Gasteiger partial charge in [-0.1, -0.05) is 24.3 Å². The van der Waals surface area contributed by atoms with E-state index in [0.717, 1.165) is 21.5 Å². The Labute approximate surface area is 135 Å². The molecular weight excluding hydrogens is 304 g/mol. The van der Waals surface area contributed by atoms with Crippen molar-refractivity contribution in [3.8, 4) is 5.75 Å². The van der Waals surface area contributed by atoms with Crippen molar-refractivity contribution < 1.29 is 13.6 Å². The lowest BCUT2D eigenvalue weighted by molar-refractivity contribution is 0.414. The number of furan rings is 1. The Bertz CT molecular complexity index is 1310. The standard InChI is InChI=1S/C20H12O4/c1-22-13-6-7-14-17(10-13)24-20(21)18-15-8-11-4-2-3-5-12(11)9-16(15)23-19(14)18/h2-10H,1H3. The Kier molecular flexibility index (Phi) is 2.54. The SMILES string of the molecule is COc1ccc2c(c1)oc(=O)c1c3cc4ccccc4cc3oc21. The zero-order chi connectivity index (χ0) is 16.3. The van der Waals surface area contributed by atoms with Crippen LogP contribution in [0.3, 0.4) is 0 Å². The summed E-state index contributed by atoms with van der Waals surface area (Å²) in [6.45, 7) is 0. The molecule has 2 aromatic heterocycles. The molecule has 4 heteroatoms. The molecule has 0 saturated heterocycles. The second-order valence-electron chi connectivity index (χ2n) is 5.75. The molecule has 116 valence electrons. The quantitative estimate of drug-likeness (QED) is 0.415. The average Bonchev–Trinajstić information content (AvgIpc) is 2.98. The molecule has 0 N–H and O–H groups in total. The summed E-state index contributed by atoms with van der Waals surface area (Å²) in [6.07, 6.45) is 0. The maximum absolute atomic E-state index is 12.5. The molecule has 0 spiro atoms. The molecule has 24 heavy (non-hydrogen) atoms.